The smallest absolute Gasteiger partial charge is 0.0218 e. The van der Waals surface area contributed by atoms with E-state index in [4.69, 9.17) is 0 Å². The van der Waals surface area contributed by atoms with Crippen molar-refractivity contribution in [2.75, 3.05) is 13.6 Å². The minimum Gasteiger partial charge on any atom is -0.354 e. The third kappa shape index (κ3) is 1.79. The van der Waals surface area contributed by atoms with E-state index in [9.17, 15) is 0 Å². The van der Waals surface area contributed by atoms with E-state index in [1.165, 1.54) is 6.42 Å². The van der Waals surface area contributed by atoms with Crippen LogP contribution in [0.4, 0.5) is 0 Å². The summed E-state index contributed by atoms with van der Waals surface area (Å²) in [6.07, 6.45) is 9.47. The molecule has 2 nitrogen and oxygen atoms in total. The van der Waals surface area contributed by atoms with Crippen molar-refractivity contribution in [3.05, 3.63) is 24.8 Å². The van der Waals surface area contributed by atoms with Crippen molar-refractivity contribution >= 4 is 0 Å². The number of rotatable bonds is 2. The van der Waals surface area contributed by atoms with Crippen LogP contribution in [-0.4, -0.2) is 23.4 Å². The summed E-state index contributed by atoms with van der Waals surface area (Å²) in [4.78, 5) is 4.21. The first-order valence-corrected chi connectivity index (χ1v) is 3.67. The second-order valence-corrected chi connectivity index (χ2v) is 2.50. The van der Waals surface area contributed by atoms with E-state index in [-0.39, 0.29) is 0 Å². The molecule has 0 fully saturated rings. The molecule has 0 radical (unpaired) electrons. The highest BCUT2D eigenvalue weighted by Gasteiger charge is 1.96. The minimum atomic E-state index is 1.11. The maximum Gasteiger partial charge on any atom is 0.0218 e. The molecule has 0 aromatic heterocycles. The Kier molecular flexibility index (Phi) is 2.37. The van der Waals surface area contributed by atoms with Gasteiger partial charge in [0.05, 0.1) is 0 Å². The quantitative estimate of drug-likeness (QED) is 0.571. The second kappa shape index (κ2) is 3.30. The van der Waals surface area contributed by atoms with E-state index in [0.717, 1.165) is 6.54 Å². The first kappa shape index (κ1) is 7.19. The van der Waals surface area contributed by atoms with Gasteiger partial charge in [-0.05, 0) is 6.42 Å². The topological polar surface area (TPSA) is 6.48 Å². The number of hydrogen-bond donors (Lipinski definition) is 0. The summed E-state index contributed by atoms with van der Waals surface area (Å²) < 4.78 is 0. The molecule has 0 aromatic carbocycles. The molecule has 0 aliphatic carbocycles. The van der Waals surface area contributed by atoms with Crippen LogP contribution in [-0.2, 0) is 0 Å². The third-order valence-electron chi connectivity index (χ3n) is 1.47. The highest BCUT2D eigenvalue weighted by atomic mass is 15.2. The van der Waals surface area contributed by atoms with Gasteiger partial charge in [-0.2, -0.15) is 0 Å². The molecule has 0 bridgehead atoms. The number of hydrogen-bond acceptors (Lipinski definition) is 2. The van der Waals surface area contributed by atoms with Crippen LogP contribution in [0.3, 0.4) is 0 Å². The lowest BCUT2D eigenvalue weighted by molar-refractivity contribution is 0.452. The summed E-state index contributed by atoms with van der Waals surface area (Å²) in [7, 11) is 2.02. The van der Waals surface area contributed by atoms with Crippen molar-refractivity contribution in [3.8, 4) is 0 Å². The first-order chi connectivity index (χ1) is 4.83. The zero-order chi connectivity index (χ0) is 7.40. The van der Waals surface area contributed by atoms with Crippen LogP contribution in [0, 0.1) is 0 Å². The molecular weight excluding hydrogens is 124 g/mol. The fourth-order valence-corrected chi connectivity index (χ4v) is 0.888. The fourth-order valence-electron chi connectivity index (χ4n) is 0.888. The standard InChI is InChI=1S/C8H14N2/c1-3-4-10-7-5-9(2)6-8-10/h5-8H,3-4H2,1-2H3. The van der Waals surface area contributed by atoms with Crippen LogP contribution >= 0.6 is 0 Å². The Balaban J connectivity index is 2.38. The van der Waals surface area contributed by atoms with Crippen molar-refractivity contribution in [2.45, 2.75) is 13.3 Å². The van der Waals surface area contributed by atoms with Crippen molar-refractivity contribution < 1.29 is 0 Å². The predicted molar refractivity (Wildman–Crippen MR) is 43.0 cm³/mol. The fraction of sp³-hybridized carbons (Fsp3) is 0.500. The molecule has 0 saturated heterocycles. The molecule has 0 N–H and O–H groups in total. The van der Waals surface area contributed by atoms with E-state index in [0.29, 0.717) is 0 Å². The zero-order valence-corrected chi connectivity index (χ0v) is 6.62. The highest BCUT2D eigenvalue weighted by molar-refractivity contribution is 4.99. The highest BCUT2D eigenvalue weighted by Crippen LogP contribution is 2.01. The van der Waals surface area contributed by atoms with Crippen molar-refractivity contribution in [3.63, 3.8) is 0 Å². The van der Waals surface area contributed by atoms with Gasteiger partial charge in [0.25, 0.3) is 0 Å². The van der Waals surface area contributed by atoms with Crippen LogP contribution in [0.2, 0.25) is 0 Å². The van der Waals surface area contributed by atoms with Gasteiger partial charge in [-0.3, -0.25) is 0 Å². The van der Waals surface area contributed by atoms with Gasteiger partial charge >= 0.3 is 0 Å². The molecular formula is C8H14N2. The van der Waals surface area contributed by atoms with Crippen LogP contribution in [0.25, 0.3) is 0 Å². The summed E-state index contributed by atoms with van der Waals surface area (Å²) in [5.41, 5.74) is 0. The Morgan fingerprint density at radius 1 is 1.10 bits per heavy atom. The molecule has 0 aromatic rings. The molecule has 2 heteroatoms. The zero-order valence-electron chi connectivity index (χ0n) is 6.62. The van der Waals surface area contributed by atoms with Crippen LogP contribution in [0.1, 0.15) is 13.3 Å². The maximum absolute atomic E-state index is 2.18. The van der Waals surface area contributed by atoms with Gasteiger partial charge in [-0.25, -0.2) is 0 Å². The Bertz CT molecular complexity index is 135. The molecule has 0 saturated carbocycles. The molecule has 56 valence electrons. The Labute approximate surface area is 62.4 Å². The summed E-state index contributed by atoms with van der Waals surface area (Å²) in [6.45, 7) is 3.29. The van der Waals surface area contributed by atoms with Gasteiger partial charge in [0.2, 0.25) is 0 Å². The van der Waals surface area contributed by atoms with Gasteiger partial charge in [0.1, 0.15) is 0 Å². The lowest BCUT2D eigenvalue weighted by Gasteiger charge is -2.21. The summed E-state index contributed by atoms with van der Waals surface area (Å²) >= 11 is 0. The summed E-state index contributed by atoms with van der Waals surface area (Å²) in [5.74, 6) is 0. The molecule has 0 unspecified atom stereocenters. The molecule has 0 spiro atoms. The van der Waals surface area contributed by atoms with E-state index >= 15 is 0 Å². The molecule has 1 aliphatic rings. The van der Waals surface area contributed by atoms with Crippen molar-refractivity contribution in [1.29, 1.82) is 0 Å². The monoisotopic (exact) mass is 138 g/mol. The van der Waals surface area contributed by atoms with Gasteiger partial charge in [0.15, 0.2) is 0 Å². The second-order valence-electron chi connectivity index (χ2n) is 2.50. The molecule has 10 heavy (non-hydrogen) atoms. The molecule has 1 rings (SSSR count). The minimum absolute atomic E-state index is 1.11. The van der Waals surface area contributed by atoms with Gasteiger partial charge in [-0.15, -0.1) is 0 Å². The largest absolute Gasteiger partial charge is 0.354 e. The van der Waals surface area contributed by atoms with Crippen LogP contribution in [0.15, 0.2) is 24.8 Å². The van der Waals surface area contributed by atoms with Crippen molar-refractivity contribution in [1.82, 2.24) is 9.80 Å². The molecule has 1 aliphatic heterocycles. The van der Waals surface area contributed by atoms with Gasteiger partial charge < -0.3 is 9.80 Å². The van der Waals surface area contributed by atoms with Gasteiger partial charge in [-0.1, -0.05) is 6.92 Å². The number of nitrogens with zero attached hydrogens (tertiary/aromatic N) is 2. The molecule has 0 amide bonds. The average Bonchev–Trinajstić information content (AvgIpc) is 1.95. The first-order valence-electron chi connectivity index (χ1n) is 3.67. The Morgan fingerprint density at radius 3 is 2.20 bits per heavy atom. The molecule has 1 heterocycles. The van der Waals surface area contributed by atoms with Crippen LogP contribution < -0.4 is 0 Å². The Hall–Kier alpha value is -0.920. The van der Waals surface area contributed by atoms with Gasteiger partial charge in [0, 0.05) is 38.4 Å². The predicted octanol–water partition coefficient (Wildman–Crippen LogP) is 1.59. The third-order valence-corrected chi connectivity index (χ3v) is 1.47. The molecule has 0 atom stereocenters. The van der Waals surface area contributed by atoms with E-state index in [1.54, 1.807) is 0 Å². The van der Waals surface area contributed by atoms with E-state index in [1.807, 2.05) is 11.9 Å². The average molecular weight is 138 g/mol. The van der Waals surface area contributed by atoms with E-state index in [2.05, 4.69) is 36.6 Å². The lowest BCUT2D eigenvalue weighted by Crippen LogP contribution is -2.17. The van der Waals surface area contributed by atoms with Crippen LogP contribution in [0.5, 0.6) is 0 Å². The van der Waals surface area contributed by atoms with E-state index < -0.39 is 0 Å². The Morgan fingerprint density at radius 2 is 1.70 bits per heavy atom. The maximum atomic E-state index is 2.18. The summed E-state index contributed by atoms with van der Waals surface area (Å²) in [5, 5.41) is 0. The normalized spacial score (nSPS) is 16.6. The lowest BCUT2D eigenvalue weighted by atomic mass is 10.4. The summed E-state index contributed by atoms with van der Waals surface area (Å²) in [6, 6.07) is 0. The SMILES string of the molecule is CCCN1C=CN(C)C=C1. The van der Waals surface area contributed by atoms with Crippen molar-refractivity contribution in [2.24, 2.45) is 0 Å².